The number of carbonyl (C=O) groups is 1. The highest BCUT2D eigenvalue weighted by Gasteiger charge is 2.28. The van der Waals surface area contributed by atoms with E-state index >= 15 is 0 Å². The molecule has 0 fully saturated rings. The number of amides is 1. The quantitative estimate of drug-likeness (QED) is 0.555. The third-order valence-corrected chi connectivity index (χ3v) is 4.19. The van der Waals surface area contributed by atoms with Gasteiger partial charge in [-0.2, -0.15) is 0 Å². The lowest BCUT2D eigenvalue weighted by Gasteiger charge is -2.25. The van der Waals surface area contributed by atoms with Gasteiger partial charge in [-0.25, -0.2) is 0 Å². The Morgan fingerprint density at radius 1 is 1.23 bits per heavy atom. The molecule has 0 saturated carbocycles. The van der Waals surface area contributed by atoms with Gasteiger partial charge in [0.25, 0.3) is 11.6 Å². The van der Waals surface area contributed by atoms with Gasteiger partial charge in [0.05, 0.1) is 30.7 Å². The lowest BCUT2D eigenvalue weighted by Crippen LogP contribution is -2.30. The van der Waals surface area contributed by atoms with Crippen LogP contribution in [0.15, 0.2) is 42.5 Å². The summed E-state index contributed by atoms with van der Waals surface area (Å²) in [6, 6.07) is 11.8. The van der Waals surface area contributed by atoms with E-state index in [1.165, 1.54) is 24.1 Å². The highest BCUT2D eigenvalue weighted by atomic mass is 16.6. The molecule has 0 heterocycles. The van der Waals surface area contributed by atoms with E-state index in [2.05, 4.69) is 0 Å². The first-order valence-corrected chi connectivity index (χ1v) is 8.22. The fraction of sp³-hybridized carbons (Fsp3) is 0.316. The number of hydrogen-bond acceptors (Lipinski definition) is 5. The van der Waals surface area contributed by atoms with Gasteiger partial charge in [-0.1, -0.05) is 30.3 Å². The molecule has 0 N–H and O–H groups in total. The smallest absolute Gasteiger partial charge is 0.286 e. The van der Waals surface area contributed by atoms with Crippen LogP contribution in [0.5, 0.6) is 11.5 Å². The van der Waals surface area contributed by atoms with Crippen LogP contribution in [0.3, 0.4) is 0 Å². The third-order valence-electron chi connectivity index (χ3n) is 4.19. The zero-order valence-electron chi connectivity index (χ0n) is 15.3. The molecule has 0 aromatic heterocycles. The van der Waals surface area contributed by atoms with Crippen LogP contribution in [-0.2, 0) is 0 Å². The summed E-state index contributed by atoms with van der Waals surface area (Å²) in [6.45, 7) is 3.95. The van der Waals surface area contributed by atoms with E-state index in [-0.39, 0.29) is 28.8 Å². The van der Waals surface area contributed by atoms with Crippen molar-refractivity contribution in [3.63, 3.8) is 0 Å². The number of hydrogen-bond donors (Lipinski definition) is 0. The number of benzene rings is 2. The molecule has 1 amide bonds. The average molecular weight is 358 g/mol. The fourth-order valence-electron chi connectivity index (χ4n) is 2.62. The molecule has 7 heteroatoms. The molecular formula is C19H22N2O5. The number of nitro benzene ring substituents is 1. The number of ether oxygens (including phenoxy) is 2. The van der Waals surface area contributed by atoms with Gasteiger partial charge in [0.2, 0.25) is 0 Å². The third kappa shape index (κ3) is 3.93. The topological polar surface area (TPSA) is 81.9 Å². The average Bonchev–Trinajstić information content (AvgIpc) is 2.66. The second-order valence-electron chi connectivity index (χ2n) is 5.71. The minimum absolute atomic E-state index is 0.0411. The van der Waals surface area contributed by atoms with Crippen molar-refractivity contribution in [3.05, 3.63) is 63.7 Å². The highest BCUT2D eigenvalue weighted by molar-refractivity contribution is 5.99. The summed E-state index contributed by atoms with van der Waals surface area (Å²) in [4.78, 5) is 25.3. The summed E-state index contributed by atoms with van der Waals surface area (Å²) in [5.41, 5.74) is 0.579. The summed E-state index contributed by atoms with van der Waals surface area (Å²) in [7, 11) is 3.04. The van der Waals surface area contributed by atoms with E-state index in [4.69, 9.17) is 9.47 Å². The maximum atomic E-state index is 12.9. The SMILES string of the molecule is CCOc1cc([N+](=O)[O-])c(C(=O)N(C)C(C)c2ccccc2)cc1OC. The van der Waals surface area contributed by atoms with Crippen LogP contribution >= 0.6 is 0 Å². The second kappa shape index (κ2) is 8.33. The van der Waals surface area contributed by atoms with Gasteiger partial charge in [-0.15, -0.1) is 0 Å². The Labute approximate surface area is 152 Å². The molecule has 1 unspecified atom stereocenters. The summed E-state index contributed by atoms with van der Waals surface area (Å²) in [5, 5.41) is 11.5. The Kier molecular flexibility index (Phi) is 6.16. The van der Waals surface area contributed by atoms with E-state index in [1.54, 1.807) is 14.0 Å². The predicted octanol–water partition coefficient (Wildman–Crippen LogP) is 3.84. The standard InChI is InChI=1S/C19H22N2O5/c1-5-26-18-12-16(21(23)24)15(11-17(18)25-4)19(22)20(3)13(2)14-9-7-6-8-10-14/h6-13H,5H2,1-4H3. The Bertz CT molecular complexity index is 792. The summed E-state index contributed by atoms with van der Waals surface area (Å²) in [5.74, 6) is 0.0491. The van der Waals surface area contributed by atoms with E-state index in [0.717, 1.165) is 5.56 Å². The van der Waals surface area contributed by atoms with Gasteiger partial charge < -0.3 is 14.4 Å². The molecule has 0 spiro atoms. The molecule has 0 radical (unpaired) electrons. The second-order valence-corrected chi connectivity index (χ2v) is 5.71. The van der Waals surface area contributed by atoms with Gasteiger partial charge in [-0.05, 0) is 19.4 Å². The summed E-state index contributed by atoms with van der Waals surface area (Å²) < 4.78 is 10.6. The van der Waals surface area contributed by atoms with Gasteiger partial charge in [0, 0.05) is 13.1 Å². The molecule has 26 heavy (non-hydrogen) atoms. The van der Waals surface area contributed by atoms with Crippen molar-refractivity contribution in [3.8, 4) is 11.5 Å². The van der Waals surface area contributed by atoms with Crippen molar-refractivity contribution in [2.24, 2.45) is 0 Å². The van der Waals surface area contributed by atoms with Crippen molar-refractivity contribution in [1.82, 2.24) is 4.90 Å². The zero-order chi connectivity index (χ0) is 19.3. The molecule has 138 valence electrons. The number of rotatable bonds is 7. The van der Waals surface area contributed by atoms with E-state index in [9.17, 15) is 14.9 Å². The number of nitro groups is 1. The first-order valence-electron chi connectivity index (χ1n) is 8.22. The maximum Gasteiger partial charge on any atom is 0.286 e. The van der Waals surface area contributed by atoms with Crippen molar-refractivity contribution < 1.29 is 19.2 Å². The molecule has 7 nitrogen and oxygen atoms in total. The molecule has 0 aliphatic heterocycles. The molecule has 2 rings (SSSR count). The Morgan fingerprint density at radius 3 is 2.42 bits per heavy atom. The van der Waals surface area contributed by atoms with Crippen molar-refractivity contribution in [2.45, 2.75) is 19.9 Å². The zero-order valence-corrected chi connectivity index (χ0v) is 15.3. The van der Waals surface area contributed by atoms with Crippen molar-refractivity contribution in [1.29, 1.82) is 0 Å². The molecule has 0 bridgehead atoms. The van der Waals surface area contributed by atoms with E-state index < -0.39 is 10.8 Å². The van der Waals surface area contributed by atoms with Gasteiger partial charge >= 0.3 is 0 Å². The maximum absolute atomic E-state index is 12.9. The largest absolute Gasteiger partial charge is 0.493 e. The van der Waals surface area contributed by atoms with Gasteiger partial charge in [0.1, 0.15) is 5.56 Å². The minimum atomic E-state index is -0.587. The van der Waals surface area contributed by atoms with E-state index in [0.29, 0.717) is 6.61 Å². The van der Waals surface area contributed by atoms with Crippen LogP contribution in [0.25, 0.3) is 0 Å². The molecule has 0 aliphatic rings. The number of nitrogens with zero attached hydrogens (tertiary/aromatic N) is 2. The molecule has 2 aromatic carbocycles. The van der Waals surface area contributed by atoms with Crippen LogP contribution in [-0.4, -0.2) is 36.5 Å². The number of methoxy groups -OCH3 is 1. The van der Waals surface area contributed by atoms with Crippen LogP contribution in [0.4, 0.5) is 5.69 Å². The van der Waals surface area contributed by atoms with Gasteiger partial charge in [-0.3, -0.25) is 14.9 Å². The van der Waals surface area contributed by atoms with Crippen molar-refractivity contribution in [2.75, 3.05) is 20.8 Å². The van der Waals surface area contributed by atoms with Crippen molar-refractivity contribution >= 4 is 11.6 Å². The normalized spacial score (nSPS) is 11.5. The number of carbonyl (C=O) groups excluding carboxylic acids is 1. The first kappa shape index (κ1) is 19.2. The lowest BCUT2D eigenvalue weighted by atomic mass is 10.1. The molecule has 2 aromatic rings. The van der Waals surface area contributed by atoms with Gasteiger partial charge in [0.15, 0.2) is 11.5 Å². The fourth-order valence-corrected chi connectivity index (χ4v) is 2.62. The monoisotopic (exact) mass is 358 g/mol. The van der Waals surface area contributed by atoms with Crippen LogP contribution in [0.1, 0.15) is 35.8 Å². The molecular weight excluding hydrogens is 336 g/mol. The Hall–Kier alpha value is -3.09. The van der Waals surface area contributed by atoms with Crippen LogP contribution in [0, 0.1) is 10.1 Å². The summed E-state index contributed by atoms with van der Waals surface area (Å²) in [6.07, 6.45) is 0. The molecule has 1 atom stereocenters. The Balaban J connectivity index is 2.45. The highest BCUT2D eigenvalue weighted by Crippen LogP contribution is 2.36. The summed E-state index contributed by atoms with van der Waals surface area (Å²) >= 11 is 0. The molecule has 0 saturated heterocycles. The Morgan fingerprint density at radius 2 is 1.88 bits per heavy atom. The predicted molar refractivity (Wildman–Crippen MR) is 97.8 cm³/mol. The first-order chi connectivity index (χ1) is 12.4. The molecule has 0 aliphatic carbocycles. The van der Waals surface area contributed by atoms with Crippen LogP contribution < -0.4 is 9.47 Å². The van der Waals surface area contributed by atoms with E-state index in [1.807, 2.05) is 37.3 Å². The lowest BCUT2D eigenvalue weighted by molar-refractivity contribution is -0.385. The van der Waals surface area contributed by atoms with Crippen LogP contribution in [0.2, 0.25) is 0 Å². The minimum Gasteiger partial charge on any atom is -0.493 e.